The summed E-state index contributed by atoms with van der Waals surface area (Å²) in [4.78, 5) is 14.0. The molecular formula is C8H5ClN2O. The van der Waals surface area contributed by atoms with Crippen molar-refractivity contribution in [2.75, 3.05) is 0 Å². The minimum atomic E-state index is -0.664. The van der Waals surface area contributed by atoms with Crippen molar-refractivity contribution in [2.24, 2.45) is 5.73 Å². The summed E-state index contributed by atoms with van der Waals surface area (Å²) in [5.74, 6) is 4.06. The van der Waals surface area contributed by atoms with Gasteiger partial charge in [0.05, 0.1) is 0 Å². The fraction of sp³-hybridized carbons (Fsp3) is 0. The SMILES string of the molecule is NC(=O)C#Cc1ccnc(Cl)c1. The van der Waals surface area contributed by atoms with Gasteiger partial charge < -0.3 is 5.73 Å². The normalized spacial score (nSPS) is 8.42. The van der Waals surface area contributed by atoms with E-state index in [0.29, 0.717) is 10.7 Å². The Labute approximate surface area is 74.5 Å². The molecule has 0 bridgehead atoms. The van der Waals surface area contributed by atoms with Crippen molar-refractivity contribution < 1.29 is 4.79 Å². The maximum Gasteiger partial charge on any atom is 0.293 e. The predicted octanol–water partition coefficient (Wildman–Crippen LogP) is 0.572. The zero-order valence-corrected chi connectivity index (χ0v) is 6.80. The number of carbonyl (C=O) groups excluding carboxylic acids is 1. The lowest BCUT2D eigenvalue weighted by atomic mass is 10.3. The average molecular weight is 181 g/mol. The van der Waals surface area contributed by atoms with Crippen LogP contribution < -0.4 is 5.73 Å². The van der Waals surface area contributed by atoms with Crippen LogP contribution in [-0.2, 0) is 4.79 Å². The van der Waals surface area contributed by atoms with Crippen molar-refractivity contribution in [3.63, 3.8) is 0 Å². The molecule has 1 aromatic rings. The number of amides is 1. The number of hydrogen-bond acceptors (Lipinski definition) is 2. The summed E-state index contributed by atoms with van der Waals surface area (Å²) >= 11 is 5.57. The lowest BCUT2D eigenvalue weighted by molar-refractivity contribution is -0.112. The molecule has 60 valence electrons. The Kier molecular flexibility index (Phi) is 2.67. The second kappa shape index (κ2) is 3.74. The molecule has 4 heteroatoms. The Hall–Kier alpha value is -1.53. The fourth-order valence-electron chi connectivity index (χ4n) is 0.614. The molecule has 0 aliphatic carbocycles. The third-order valence-corrected chi connectivity index (χ3v) is 1.26. The Morgan fingerprint density at radius 2 is 2.42 bits per heavy atom. The van der Waals surface area contributed by atoms with Crippen LogP contribution in [0.3, 0.4) is 0 Å². The molecule has 0 spiro atoms. The first-order valence-electron chi connectivity index (χ1n) is 3.11. The van der Waals surface area contributed by atoms with E-state index in [9.17, 15) is 4.79 Å². The molecule has 0 atom stereocenters. The highest BCUT2D eigenvalue weighted by atomic mass is 35.5. The molecule has 1 amide bonds. The zero-order chi connectivity index (χ0) is 8.97. The van der Waals surface area contributed by atoms with Gasteiger partial charge in [-0.2, -0.15) is 0 Å². The third kappa shape index (κ3) is 2.60. The lowest BCUT2D eigenvalue weighted by Gasteiger charge is -1.88. The van der Waals surface area contributed by atoms with Crippen molar-refractivity contribution in [1.82, 2.24) is 4.98 Å². The Morgan fingerprint density at radius 3 is 3.00 bits per heavy atom. The first-order valence-corrected chi connectivity index (χ1v) is 3.49. The van der Waals surface area contributed by atoms with E-state index in [1.165, 1.54) is 6.20 Å². The second-order valence-electron chi connectivity index (χ2n) is 1.98. The molecular weight excluding hydrogens is 176 g/mol. The minimum absolute atomic E-state index is 0.339. The number of aromatic nitrogens is 1. The minimum Gasteiger partial charge on any atom is -0.359 e. The smallest absolute Gasteiger partial charge is 0.293 e. The standard InChI is InChI=1S/C8H5ClN2O/c9-7-5-6(3-4-11-7)1-2-8(10)12/h3-5H,(H2,10,12). The molecule has 0 saturated carbocycles. The van der Waals surface area contributed by atoms with Crippen molar-refractivity contribution in [3.05, 3.63) is 29.0 Å². The maximum atomic E-state index is 10.3. The van der Waals surface area contributed by atoms with Crippen LogP contribution in [0.4, 0.5) is 0 Å². The molecule has 12 heavy (non-hydrogen) atoms. The summed E-state index contributed by atoms with van der Waals surface area (Å²) < 4.78 is 0. The average Bonchev–Trinajstić information content (AvgIpc) is 2.01. The molecule has 0 radical (unpaired) electrons. The van der Waals surface area contributed by atoms with E-state index in [4.69, 9.17) is 17.3 Å². The van der Waals surface area contributed by atoms with Gasteiger partial charge in [0.15, 0.2) is 0 Å². The molecule has 0 fully saturated rings. The highest BCUT2D eigenvalue weighted by Gasteiger charge is 1.89. The van der Waals surface area contributed by atoms with E-state index in [-0.39, 0.29) is 0 Å². The molecule has 1 aromatic heterocycles. The molecule has 0 aliphatic heterocycles. The summed E-state index contributed by atoms with van der Waals surface area (Å²) in [6, 6.07) is 3.19. The Morgan fingerprint density at radius 1 is 1.67 bits per heavy atom. The highest BCUT2D eigenvalue weighted by Crippen LogP contribution is 2.04. The number of nitrogens with zero attached hydrogens (tertiary/aromatic N) is 1. The van der Waals surface area contributed by atoms with Gasteiger partial charge in [0.25, 0.3) is 5.91 Å². The van der Waals surface area contributed by atoms with Gasteiger partial charge in [-0.05, 0) is 18.1 Å². The molecule has 1 heterocycles. The maximum absolute atomic E-state index is 10.3. The van der Waals surface area contributed by atoms with Crippen molar-refractivity contribution >= 4 is 17.5 Å². The van der Waals surface area contributed by atoms with Gasteiger partial charge in [0.2, 0.25) is 0 Å². The van der Waals surface area contributed by atoms with E-state index < -0.39 is 5.91 Å². The highest BCUT2D eigenvalue weighted by molar-refractivity contribution is 6.29. The first kappa shape index (κ1) is 8.57. The van der Waals surface area contributed by atoms with Crippen LogP contribution in [-0.4, -0.2) is 10.9 Å². The summed E-state index contributed by atoms with van der Waals surface area (Å²) in [6.07, 6.45) is 1.51. The van der Waals surface area contributed by atoms with Crippen LogP contribution in [0.1, 0.15) is 5.56 Å². The first-order chi connectivity index (χ1) is 5.68. The van der Waals surface area contributed by atoms with E-state index in [2.05, 4.69) is 16.8 Å². The van der Waals surface area contributed by atoms with E-state index in [1.807, 2.05) is 0 Å². The van der Waals surface area contributed by atoms with Gasteiger partial charge in [0, 0.05) is 11.8 Å². The number of primary amides is 1. The van der Waals surface area contributed by atoms with Gasteiger partial charge in [-0.25, -0.2) is 4.98 Å². The lowest BCUT2D eigenvalue weighted by Crippen LogP contribution is -2.06. The Bertz CT molecular complexity index is 365. The molecule has 0 unspecified atom stereocenters. The van der Waals surface area contributed by atoms with Crippen LogP contribution in [0.2, 0.25) is 5.15 Å². The predicted molar refractivity (Wildman–Crippen MR) is 45.3 cm³/mol. The zero-order valence-electron chi connectivity index (χ0n) is 6.04. The van der Waals surface area contributed by atoms with Crippen molar-refractivity contribution in [1.29, 1.82) is 0 Å². The second-order valence-corrected chi connectivity index (χ2v) is 2.37. The quantitative estimate of drug-likeness (QED) is 0.469. The molecule has 0 aliphatic rings. The number of rotatable bonds is 0. The third-order valence-electron chi connectivity index (χ3n) is 1.06. The fourth-order valence-corrected chi connectivity index (χ4v) is 0.788. The largest absolute Gasteiger partial charge is 0.359 e. The van der Waals surface area contributed by atoms with Gasteiger partial charge in [-0.15, -0.1) is 0 Å². The summed E-state index contributed by atoms with van der Waals surface area (Å²) in [5.41, 5.74) is 5.44. The van der Waals surface area contributed by atoms with Crippen LogP contribution in [0.5, 0.6) is 0 Å². The van der Waals surface area contributed by atoms with Crippen molar-refractivity contribution in [2.45, 2.75) is 0 Å². The van der Waals surface area contributed by atoms with Crippen molar-refractivity contribution in [3.8, 4) is 11.8 Å². The number of nitrogens with two attached hydrogens (primary N) is 1. The van der Waals surface area contributed by atoms with Gasteiger partial charge in [0.1, 0.15) is 5.15 Å². The summed E-state index contributed by atoms with van der Waals surface area (Å²) in [5, 5.41) is 0.339. The topological polar surface area (TPSA) is 56.0 Å². The molecule has 2 N–H and O–H groups in total. The van der Waals surface area contributed by atoms with Crippen LogP contribution in [0.15, 0.2) is 18.3 Å². The molecule has 0 saturated heterocycles. The van der Waals surface area contributed by atoms with Gasteiger partial charge in [-0.1, -0.05) is 17.5 Å². The van der Waals surface area contributed by atoms with Crippen LogP contribution in [0.25, 0.3) is 0 Å². The summed E-state index contributed by atoms with van der Waals surface area (Å²) in [7, 11) is 0. The van der Waals surface area contributed by atoms with Gasteiger partial charge in [-0.3, -0.25) is 4.79 Å². The van der Waals surface area contributed by atoms with E-state index in [0.717, 1.165) is 0 Å². The molecule has 3 nitrogen and oxygen atoms in total. The number of pyridine rings is 1. The Balaban J connectivity index is 2.92. The van der Waals surface area contributed by atoms with Gasteiger partial charge >= 0.3 is 0 Å². The van der Waals surface area contributed by atoms with Crippen LogP contribution in [0, 0.1) is 11.8 Å². The van der Waals surface area contributed by atoms with E-state index in [1.54, 1.807) is 12.1 Å². The van der Waals surface area contributed by atoms with Crippen LogP contribution >= 0.6 is 11.6 Å². The molecule has 1 rings (SSSR count). The molecule has 0 aromatic carbocycles. The monoisotopic (exact) mass is 180 g/mol. The van der Waals surface area contributed by atoms with E-state index >= 15 is 0 Å². The number of halogens is 1. The number of hydrogen-bond donors (Lipinski definition) is 1. The summed E-state index contributed by atoms with van der Waals surface area (Å²) in [6.45, 7) is 0. The number of carbonyl (C=O) groups is 1.